The number of aryl methyl sites for hydroxylation is 1. The first-order valence-electron chi connectivity index (χ1n) is 6.84. The molecule has 2 rings (SSSR count). The van der Waals surface area contributed by atoms with Crippen molar-refractivity contribution < 1.29 is 0 Å². The maximum absolute atomic E-state index is 4.64. The fourth-order valence-electron chi connectivity index (χ4n) is 2.10. The summed E-state index contributed by atoms with van der Waals surface area (Å²) in [5.74, 6) is 0. The van der Waals surface area contributed by atoms with Crippen molar-refractivity contribution in [2.75, 3.05) is 7.05 Å². The second-order valence-electron chi connectivity index (χ2n) is 5.00. The Morgan fingerprint density at radius 2 is 2.05 bits per heavy atom. The van der Waals surface area contributed by atoms with Gasteiger partial charge < -0.3 is 5.32 Å². The molecule has 0 aliphatic carbocycles. The van der Waals surface area contributed by atoms with E-state index in [4.69, 9.17) is 0 Å². The van der Waals surface area contributed by atoms with Gasteiger partial charge in [0.25, 0.3) is 0 Å². The Bertz CT molecular complexity index is 513. The molecule has 0 aliphatic heterocycles. The fourth-order valence-corrected chi connectivity index (χ4v) is 2.10. The normalized spacial score (nSPS) is 14.5. The number of nitrogens with one attached hydrogen (secondary N) is 1. The summed E-state index contributed by atoms with van der Waals surface area (Å²) in [6.45, 7) is 4.36. The molecule has 0 amide bonds. The van der Waals surface area contributed by atoms with Gasteiger partial charge in [-0.1, -0.05) is 6.92 Å². The maximum atomic E-state index is 4.64. The van der Waals surface area contributed by atoms with Gasteiger partial charge in [0.15, 0.2) is 0 Å². The van der Waals surface area contributed by atoms with E-state index in [2.05, 4.69) is 41.6 Å². The van der Waals surface area contributed by atoms with Gasteiger partial charge >= 0.3 is 0 Å². The van der Waals surface area contributed by atoms with E-state index in [1.54, 1.807) is 0 Å². The molecule has 19 heavy (non-hydrogen) atoms. The molecular weight excluding hydrogens is 238 g/mol. The standard InChI is InChI=1S/C14H23N5/c1-5-11(2)19-9-6-12(16-19)10-14(15-3)13-7-8-18(4)17-13/h6-9,11,14-15H,5,10H2,1-4H3. The van der Waals surface area contributed by atoms with Crippen molar-refractivity contribution >= 4 is 0 Å². The van der Waals surface area contributed by atoms with Crippen molar-refractivity contribution in [1.29, 1.82) is 0 Å². The van der Waals surface area contributed by atoms with Gasteiger partial charge in [0.2, 0.25) is 0 Å². The predicted molar refractivity (Wildman–Crippen MR) is 75.9 cm³/mol. The minimum absolute atomic E-state index is 0.210. The van der Waals surface area contributed by atoms with Crippen LogP contribution in [0.25, 0.3) is 0 Å². The first kappa shape index (κ1) is 13.8. The summed E-state index contributed by atoms with van der Waals surface area (Å²) in [5, 5.41) is 12.4. The van der Waals surface area contributed by atoms with Gasteiger partial charge in [-0.15, -0.1) is 0 Å². The molecule has 2 aromatic rings. The molecule has 0 aromatic carbocycles. The fraction of sp³-hybridized carbons (Fsp3) is 0.571. The van der Waals surface area contributed by atoms with Gasteiger partial charge in [-0.3, -0.25) is 9.36 Å². The zero-order valence-corrected chi connectivity index (χ0v) is 12.2. The molecule has 5 heteroatoms. The lowest BCUT2D eigenvalue weighted by Gasteiger charge is -2.12. The average Bonchev–Trinajstić information content (AvgIpc) is 3.04. The lowest BCUT2D eigenvalue weighted by atomic mass is 10.1. The molecule has 0 spiro atoms. The van der Waals surface area contributed by atoms with E-state index in [0.717, 1.165) is 24.2 Å². The summed E-state index contributed by atoms with van der Waals surface area (Å²) in [6.07, 6.45) is 5.99. The Balaban J connectivity index is 2.08. The highest BCUT2D eigenvalue weighted by molar-refractivity contribution is 5.11. The van der Waals surface area contributed by atoms with Crippen LogP contribution in [0.15, 0.2) is 24.5 Å². The van der Waals surface area contributed by atoms with Crippen molar-refractivity contribution in [3.63, 3.8) is 0 Å². The van der Waals surface area contributed by atoms with Crippen LogP contribution in [-0.4, -0.2) is 26.6 Å². The molecule has 5 nitrogen and oxygen atoms in total. The van der Waals surface area contributed by atoms with Crippen LogP contribution in [0.5, 0.6) is 0 Å². The van der Waals surface area contributed by atoms with Crippen molar-refractivity contribution in [1.82, 2.24) is 24.9 Å². The predicted octanol–water partition coefficient (Wildman–Crippen LogP) is 2.09. The Kier molecular flexibility index (Phi) is 4.37. The number of nitrogens with zero attached hydrogens (tertiary/aromatic N) is 4. The lowest BCUT2D eigenvalue weighted by Crippen LogP contribution is -2.20. The van der Waals surface area contributed by atoms with Crippen LogP contribution in [0.1, 0.15) is 43.7 Å². The van der Waals surface area contributed by atoms with Crippen molar-refractivity contribution in [2.45, 2.75) is 38.8 Å². The molecule has 0 bridgehead atoms. The molecule has 0 saturated heterocycles. The molecule has 2 aromatic heterocycles. The van der Waals surface area contributed by atoms with Crippen molar-refractivity contribution in [3.8, 4) is 0 Å². The van der Waals surface area contributed by atoms with Crippen LogP contribution in [0.4, 0.5) is 0 Å². The molecule has 1 N–H and O–H groups in total. The molecule has 0 radical (unpaired) electrons. The van der Waals surface area contributed by atoms with Gasteiger partial charge in [0.1, 0.15) is 0 Å². The molecule has 2 unspecified atom stereocenters. The zero-order valence-electron chi connectivity index (χ0n) is 12.2. The second kappa shape index (κ2) is 6.02. The van der Waals surface area contributed by atoms with E-state index in [0.29, 0.717) is 6.04 Å². The van der Waals surface area contributed by atoms with E-state index in [1.807, 2.05) is 35.7 Å². The van der Waals surface area contributed by atoms with E-state index < -0.39 is 0 Å². The third-order valence-corrected chi connectivity index (χ3v) is 3.56. The first-order chi connectivity index (χ1) is 9.13. The highest BCUT2D eigenvalue weighted by Gasteiger charge is 2.15. The molecule has 104 valence electrons. The second-order valence-corrected chi connectivity index (χ2v) is 5.00. The topological polar surface area (TPSA) is 47.7 Å². The zero-order chi connectivity index (χ0) is 13.8. The molecule has 2 heterocycles. The molecule has 0 saturated carbocycles. The van der Waals surface area contributed by atoms with Gasteiger partial charge in [-0.05, 0) is 32.5 Å². The van der Waals surface area contributed by atoms with Crippen molar-refractivity contribution in [3.05, 3.63) is 35.9 Å². The third kappa shape index (κ3) is 3.23. The quantitative estimate of drug-likeness (QED) is 0.866. The number of rotatable bonds is 6. The van der Waals surface area contributed by atoms with Crippen LogP contribution in [-0.2, 0) is 13.5 Å². The Hall–Kier alpha value is -1.62. The number of aromatic nitrogens is 4. The lowest BCUT2D eigenvalue weighted by molar-refractivity contribution is 0.468. The van der Waals surface area contributed by atoms with Gasteiger partial charge in [0, 0.05) is 31.9 Å². The molecule has 0 fully saturated rings. The smallest absolute Gasteiger partial charge is 0.0797 e. The summed E-state index contributed by atoms with van der Waals surface area (Å²) in [6, 6.07) is 4.81. The SMILES string of the molecule is CCC(C)n1ccc(CC(NC)c2ccn(C)n2)n1. The molecule has 0 aliphatic rings. The van der Waals surface area contributed by atoms with Crippen molar-refractivity contribution in [2.24, 2.45) is 7.05 Å². The Morgan fingerprint density at radius 1 is 1.26 bits per heavy atom. The van der Waals surface area contributed by atoms with E-state index in [9.17, 15) is 0 Å². The summed E-state index contributed by atoms with van der Waals surface area (Å²) in [4.78, 5) is 0. The first-order valence-corrected chi connectivity index (χ1v) is 6.84. The van der Waals surface area contributed by atoms with Crippen LogP contribution in [0.3, 0.4) is 0 Å². The third-order valence-electron chi connectivity index (χ3n) is 3.56. The van der Waals surface area contributed by atoms with E-state index >= 15 is 0 Å². The average molecular weight is 261 g/mol. The Morgan fingerprint density at radius 3 is 2.63 bits per heavy atom. The summed E-state index contributed by atoms with van der Waals surface area (Å²) >= 11 is 0. The molecule has 2 atom stereocenters. The largest absolute Gasteiger partial charge is 0.311 e. The minimum Gasteiger partial charge on any atom is -0.311 e. The molecular formula is C14H23N5. The number of hydrogen-bond acceptors (Lipinski definition) is 3. The van der Waals surface area contributed by atoms with Crippen LogP contribution < -0.4 is 5.32 Å². The van der Waals surface area contributed by atoms with Gasteiger partial charge in [0.05, 0.1) is 17.4 Å². The van der Waals surface area contributed by atoms with Gasteiger partial charge in [-0.2, -0.15) is 10.2 Å². The van der Waals surface area contributed by atoms with Crippen LogP contribution in [0, 0.1) is 0 Å². The van der Waals surface area contributed by atoms with E-state index in [-0.39, 0.29) is 6.04 Å². The highest BCUT2D eigenvalue weighted by atomic mass is 15.3. The summed E-state index contributed by atoms with van der Waals surface area (Å²) in [5.41, 5.74) is 2.16. The van der Waals surface area contributed by atoms with Gasteiger partial charge in [-0.25, -0.2) is 0 Å². The maximum Gasteiger partial charge on any atom is 0.0797 e. The van der Waals surface area contributed by atoms with E-state index in [1.165, 1.54) is 0 Å². The monoisotopic (exact) mass is 261 g/mol. The minimum atomic E-state index is 0.210. The Labute approximate surface area is 114 Å². The summed E-state index contributed by atoms with van der Waals surface area (Å²) in [7, 11) is 3.90. The number of hydrogen-bond donors (Lipinski definition) is 1. The summed E-state index contributed by atoms with van der Waals surface area (Å²) < 4.78 is 3.87. The number of likely N-dealkylation sites (N-methyl/N-ethyl adjacent to an activating group) is 1. The highest BCUT2D eigenvalue weighted by Crippen LogP contribution is 2.16. The van der Waals surface area contributed by atoms with Crippen LogP contribution in [0.2, 0.25) is 0 Å². The van der Waals surface area contributed by atoms with Crippen LogP contribution >= 0.6 is 0 Å².